The molecule has 0 atom stereocenters. The third-order valence-electron chi connectivity index (χ3n) is 2.97. The second-order valence-corrected chi connectivity index (χ2v) is 3.51. The number of rotatable bonds is 0. The molecule has 0 radical (unpaired) electrons. The molecule has 1 heterocycles. The van der Waals surface area contributed by atoms with Gasteiger partial charge in [0, 0.05) is 6.54 Å². The minimum absolute atomic E-state index is 0.187. The summed E-state index contributed by atoms with van der Waals surface area (Å²) in [7, 11) is 0. The van der Waals surface area contributed by atoms with E-state index in [-0.39, 0.29) is 5.41 Å². The van der Waals surface area contributed by atoms with Crippen LogP contribution in [0.2, 0.25) is 0 Å². The van der Waals surface area contributed by atoms with Crippen LogP contribution in [0.25, 0.3) is 0 Å². The van der Waals surface area contributed by atoms with Crippen LogP contribution in [0.1, 0.15) is 25.7 Å². The minimum atomic E-state index is -1.55. The van der Waals surface area contributed by atoms with E-state index in [1.54, 1.807) is 0 Å². The van der Waals surface area contributed by atoms with Crippen molar-refractivity contribution in [3.05, 3.63) is 0 Å². The van der Waals surface area contributed by atoms with Crippen molar-refractivity contribution >= 4 is 0 Å². The Bertz CT molecular complexity index is 150. The molecule has 2 aliphatic rings. The van der Waals surface area contributed by atoms with Crippen molar-refractivity contribution in [1.29, 1.82) is 0 Å². The van der Waals surface area contributed by atoms with Crippen molar-refractivity contribution in [2.45, 2.75) is 31.6 Å². The lowest BCUT2D eigenvalue weighted by Crippen LogP contribution is -2.72. The summed E-state index contributed by atoms with van der Waals surface area (Å²) >= 11 is 0. The molecule has 0 aromatic carbocycles. The van der Waals surface area contributed by atoms with Crippen LogP contribution in [0, 0.1) is 5.41 Å². The van der Waals surface area contributed by atoms with E-state index in [4.69, 9.17) is 0 Å². The highest BCUT2D eigenvalue weighted by Crippen LogP contribution is 2.48. The van der Waals surface area contributed by atoms with Crippen LogP contribution >= 0.6 is 0 Å². The maximum absolute atomic E-state index is 9.31. The van der Waals surface area contributed by atoms with Gasteiger partial charge in [0.05, 0.1) is 5.41 Å². The predicted octanol–water partition coefficient (Wildman–Crippen LogP) is -0.212. The minimum Gasteiger partial charge on any atom is -0.353 e. The van der Waals surface area contributed by atoms with Gasteiger partial charge in [-0.05, 0) is 12.8 Å². The average molecular weight is 143 g/mol. The standard InChI is InChI=1S/C7H13NO2/c9-7(10)6(5-8-7)3-1-2-4-6/h8-10H,1-5H2. The van der Waals surface area contributed by atoms with Gasteiger partial charge < -0.3 is 10.2 Å². The molecule has 3 N–H and O–H groups in total. The molecule has 1 spiro atoms. The van der Waals surface area contributed by atoms with Crippen LogP contribution in [-0.4, -0.2) is 22.7 Å². The molecule has 3 nitrogen and oxygen atoms in total. The van der Waals surface area contributed by atoms with Gasteiger partial charge in [-0.1, -0.05) is 12.8 Å². The van der Waals surface area contributed by atoms with Crippen LogP contribution in [0.15, 0.2) is 0 Å². The van der Waals surface area contributed by atoms with Crippen molar-refractivity contribution in [3.8, 4) is 0 Å². The Hall–Kier alpha value is -0.120. The third-order valence-corrected chi connectivity index (χ3v) is 2.97. The first-order valence-corrected chi connectivity index (χ1v) is 3.86. The summed E-state index contributed by atoms with van der Waals surface area (Å²) in [6.45, 7) is 0.778. The molecule has 3 heteroatoms. The molecule has 1 aliphatic carbocycles. The zero-order chi connectivity index (χ0) is 7.24. The summed E-state index contributed by atoms with van der Waals surface area (Å²) in [5, 5.41) is 21.2. The van der Waals surface area contributed by atoms with Crippen molar-refractivity contribution in [2.75, 3.05) is 6.54 Å². The number of hydrogen-bond acceptors (Lipinski definition) is 3. The van der Waals surface area contributed by atoms with Crippen molar-refractivity contribution < 1.29 is 10.2 Å². The van der Waals surface area contributed by atoms with Gasteiger partial charge in [0.1, 0.15) is 0 Å². The Morgan fingerprint density at radius 1 is 1.10 bits per heavy atom. The largest absolute Gasteiger partial charge is 0.353 e. The molecule has 0 bridgehead atoms. The zero-order valence-corrected chi connectivity index (χ0v) is 5.93. The molecule has 0 unspecified atom stereocenters. The molecule has 2 rings (SSSR count). The summed E-state index contributed by atoms with van der Waals surface area (Å²) in [6.07, 6.45) is 4.22. The van der Waals surface area contributed by atoms with Gasteiger partial charge in [-0.15, -0.1) is 0 Å². The first kappa shape index (κ1) is 6.58. The quantitative estimate of drug-likeness (QED) is 0.411. The highest BCUT2D eigenvalue weighted by atomic mass is 16.5. The summed E-state index contributed by atoms with van der Waals surface area (Å²) in [6, 6.07) is 0. The second kappa shape index (κ2) is 1.72. The fraction of sp³-hybridized carbons (Fsp3) is 1.00. The fourth-order valence-corrected chi connectivity index (χ4v) is 2.07. The Kier molecular flexibility index (Phi) is 1.14. The van der Waals surface area contributed by atoms with Gasteiger partial charge in [-0.3, -0.25) is 5.32 Å². The van der Waals surface area contributed by atoms with Crippen LogP contribution in [0.3, 0.4) is 0 Å². The molecule has 10 heavy (non-hydrogen) atoms. The van der Waals surface area contributed by atoms with Gasteiger partial charge in [0.15, 0.2) is 0 Å². The Labute approximate surface area is 60.1 Å². The van der Waals surface area contributed by atoms with Gasteiger partial charge in [-0.25, -0.2) is 0 Å². The lowest BCUT2D eigenvalue weighted by molar-refractivity contribution is -0.315. The SMILES string of the molecule is OC1(O)NCC12CCCC2. The first-order chi connectivity index (χ1) is 4.66. The lowest BCUT2D eigenvalue weighted by Gasteiger charge is -2.51. The maximum Gasteiger partial charge on any atom is 0.229 e. The van der Waals surface area contributed by atoms with E-state index in [1.165, 1.54) is 0 Å². The van der Waals surface area contributed by atoms with Gasteiger partial charge in [0.2, 0.25) is 5.91 Å². The van der Waals surface area contributed by atoms with E-state index in [2.05, 4.69) is 5.32 Å². The van der Waals surface area contributed by atoms with E-state index in [0.717, 1.165) is 32.2 Å². The molecular weight excluding hydrogens is 130 g/mol. The zero-order valence-electron chi connectivity index (χ0n) is 5.93. The summed E-state index contributed by atoms with van der Waals surface area (Å²) in [5.41, 5.74) is -0.187. The molecule has 1 saturated heterocycles. The van der Waals surface area contributed by atoms with Crippen LogP contribution in [-0.2, 0) is 0 Å². The summed E-state index contributed by atoms with van der Waals surface area (Å²) < 4.78 is 0. The average Bonchev–Trinajstić information content (AvgIpc) is 2.34. The van der Waals surface area contributed by atoms with Gasteiger partial charge >= 0.3 is 0 Å². The summed E-state index contributed by atoms with van der Waals surface area (Å²) in [5.74, 6) is -1.55. The van der Waals surface area contributed by atoms with Gasteiger partial charge in [0.25, 0.3) is 0 Å². The van der Waals surface area contributed by atoms with E-state index in [9.17, 15) is 10.2 Å². The molecule has 2 fully saturated rings. The van der Waals surface area contributed by atoms with E-state index < -0.39 is 5.91 Å². The van der Waals surface area contributed by atoms with Crippen LogP contribution < -0.4 is 5.32 Å². The molecule has 0 aromatic rings. The molecule has 58 valence electrons. The highest BCUT2D eigenvalue weighted by Gasteiger charge is 2.58. The fourth-order valence-electron chi connectivity index (χ4n) is 2.07. The molecule has 1 saturated carbocycles. The highest BCUT2D eigenvalue weighted by molar-refractivity contribution is 5.03. The normalized spacial score (nSPS) is 34.2. The van der Waals surface area contributed by atoms with Crippen molar-refractivity contribution in [2.24, 2.45) is 5.41 Å². The third kappa shape index (κ3) is 0.603. The Morgan fingerprint density at radius 2 is 1.70 bits per heavy atom. The van der Waals surface area contributed by atoms with E-state index in [1.807, 2.05) is 0 Å². The van der Waals surface area contributed by atoms with E-state index in [0.29, 0.717) is 0 Å². The monoisotopic (exact) mass is 143 g/mol. The van der Waals surface area contributed by atoms with Crippen LogP contribution in [0.4, 0.5) is 0 Å². The number of hydrogen-bond donors (Lipinski definition) is 3. The number of aliphatic hydroxyl groups is 2. The molecule has 0 amide bonds. The van der Waals surface area contributed by atoms with Crippen LogP contribution in [0.5, 0.6) is 0 Å². The lowest BCUT2D eigenvalue weighted by atomic mass is 9.75. The van der Waals surface area contributed by atoms with Gasteiger partial charge in [-0.2, -0.15) is 0 Å². The topological polar surface area (TPSA) is 52.5 Å². The Balaban J connectivity index is 2.15. The second-order valence-electron chi connectivity index (χ2n) is 3.51. The maximum atomic E-state index is 9.31. The van der Waals surface area contributed by atoms with Crippen molar-refractivity contribution in [3.63, 3.8) is 0 Å². The molecule has 1 aliphatic heterocycles. The van der Waals surface area contributed by atoms with E-state index >= 15 is 0 Å². The molecular formula is C7H13NO2. The first-order valence-electron chi connectivity index (χ1n) is 3.86. The molecule has 0 aromatic heterocycles. The summed E-state index contributed by atoms with van der Waals surface area (Å²) in [4.78, 5) is 0. The van der Waals surface area contributed by atoms with Crippen molar-refractivity contribution in [1.82, 2.24) is 5.32 Å². The smallest absolute Gasteiger partial charge is 0.229 e. The Morgan fingerprint density at radius 3 is 1.90 bits per heavy atom. The predicted molar refractivity (Wildman–Crippen MR) is 36.1 cm³/mol. The number of nitrogens with one attached hydrogen (secondary N) is 1.